The third kappa shape index (κ3) is 1.08. The molecule has 1 aliphatic heterocycles. The first-order valence-electron chi connectivity index (χ1n) is 5.22. The first-order valence-corrected chi connectivity index (χ1v) is 5.22. The van der Waals surface area contributed by atoms with Crippen LogP contribution in [0.25, 0.3) is 5.57 Å². The van der Waals surface area contributed by atoms with Gasteiger partial charge < -0.3 is 4.74 Å². The van der Waals surface area contributed by atoms with Crippen LogP contribution in [0.2, 0.25) is 0 Å². The number of cyclic esters (lactones) is 1. The maximum Gasteiger partial charge on any atom is 0.314 e. The largest absolute Gasteiger partial charge is 0.465 e. The van der Waals surface area contributed by atoms with Gasteiger partial charge in [-0.15, -0.1) is 0 Å². The molecule has 0 saturated carbocycles. The Morgan fingerprint density at radius 3 is 2.73 bits per heavy atom. The Kier molecular flexibility index (Phi) is 1.72. The molecule has 3 rings (SSSR count). The Morgan fingerprint density at radius 2 is 2.00 bits per heavy atom. The molecular weight excluding hydrogens is 188 g/mol. The van der Waals surface area contributed by atoms with Crippen LogP contribution in [0.5, 0.6) is 0 Å². The molecule has 1 aromatic rings. The first kappa shape index (κ1) is 8.72. The minimum atomic E-state index is -0.0514. The Balaban J connectivity index is 2.05. The van der Waals surface area contributed by atoms with E-state index in [9.17, 15) is 4.79 Å². The normalized spacial score (nSPS) is 28.5. The van der Waals surface area contributed by atoms with E-state index < -0.39 is 0 Å². The highest BCUT2D eigenvalue weighted by Crippen LogP contribution is 2.50. The molecule has 1 fully saturated rings. The van der Waals surface area contributed by atoms with Crippen molar-refractivity contribution < 1.29 is 9.53 Å². The van der Waals surface area contributed by atoms with Crippen molar-refractivity contribution in [2.75, 3.05) is 6.61 Å². The van der Waals surface area contributed by atoms with E-state index in [-0.39, 0.29) is 11.9 Å². The third-order valence-electron chi connectivity index (χ3n) is 3.44. The molecule has 1 aliphatic carbocycles. The van der Waals surface area contributed by atoms with Crippen LogP contribution in [-0.4, -0.2) is 12.6 Å². The highest BCUT2D eigenvalue weighted by molar-refractivity contribution is 5.96. The fourth-order valence-corrected chi connectivity index (χ4v) is 2.59. The summed E-state index contributed by atoms with van der Waals surface area (Å²) in [6.45, 7) is 2.68. The lowest BCUT2D eigenvalue weighted by atomic mass is 9.68. The Morgan fingerprint density at radius 1 is 1.27 bits per heavy atom. The predicted molar refractivity (Wildman–Crippen MR) is 57.0 cm³/mol. The van der Waals surface area contributed by atoms with E-state index in [2.05, 4.69) is 19.1 Å². The number of hydrogen-bond acceptors (Lipinski definition) is 2. The van der Waals surface area contributed by atoms with Gasteiger partial charge in [0.05, 0.1) is 12.5 Å². The van der Waals surface area contributed by atoms with Gasteiger partial charge in [-0.2, -0.15) is 0 Å². The van der Waals surface area contributed by atoms with Gasteiger partial charge in [0.25, 0.3) is 0 Å². The van der Waals surface area contributed by atoms with Crippen LogP contribution in [0.3, 0.4) is 0 Å². The first-order chi connectivity index (χ1) is 7.29. The van der Waals surface area contributed by atoms with Crippen LogP contribution in [0, 0.1) is 11.8 Å². The van der Waals surface area contributed by atoms with Crippen molar-refractivity contribution in [1.29, 1.82) is 0 Å². The van der Waals surface area contributed by atoms with Gasteiger partial charge in [0, 0.05) is 5.92 Å². The molecule has 0 bridgehead atoms. The maximum absolute atomic E-state index is 11.5. The number of carbonyl (C=O) groups is 1. The number of benzene rings is 1. The van der Waals surface area contributed by atoms with Crippen LogP contribution in [-0.2, 0) is 9.53 Å². The summed E-state index contributed by atoms with van der Waals surface area (Å²) in [6.07, 6.45) is 0. The zero-order valence-electron chi connectivity index (χ0n) is 8.57. The summed E-state index contributed by atoms with van der Waals surface area (Å²) in [5, 5.41) is 0. The predicted octanol–water partition coefficient (Wildman–Crippen LogP) is 2.26. The van der Waals surface area contributed by atoms with E-state index in [1.165, 1.54) is 11.1 Å². The molecule has 0 N–H and O–H groups in total. The smallest absolute Gasteiger partial charge is 0.314 e. The van der Waals surface area contributed by atoms with E-state index in [1.807, 2.05) is 18.2 Å². The molecule has 0 aromatic heterocycles. The summed E-state index contributed by atoms with van der Waals surface area (Å²) in [5.41, 5.74) is 3.66. The van der Waals surface area contributed by atoms with Crippen molar-refractivity contribution in [2.24, 2.45) is 11.8 Å². The Labute approximate surface area is 88.6 Å². The molecule has 0 spiro atoms. The number of ether oxygens (including phenoxy) is 1. The van der Waals surface area contributed by atoms with Crippen LogP contribution in [0.15, 0.2) is 35.9 Å². The van der Waals surface area contributed by atoms with E-state index >= 15 is 0 Å². The van der Waals surface area contributed by atoms with Gasteiger partial charge in [-0.1, -0.05) is 35.9 Å². The maximum atomic E-state index is 11.5. The second-order valence-electron chi connectivity index (χ2n) is 4.18. The van der Waals surface area contributed by atoms with Crippen molar-refractivity contribution >= 4 is 11.5 Å². The molecule has 1 saturated heterocycles. The zero-order valence-corrected chi connectivity index (χ0v) is 8.57. The van der Waals surface area contributed by atoms with Crippen LogP contribution in [0.4, 0.5) is 0 Å². The van der Waals surface area contributed by atoms with Crippen LogP contribution < -0.4 is 0 Å². The fourth-order valence-electron chi connectivity index (χ4n) is 2.59. The second-order valence-corrected chi connectivity index (χ2v) is 4.18. The average molecular weight is 200 g/mol. The summed E-state index contributed by atoms with van der Waals surface area (Å²) < 4.78 is 5.08. The molecule has 2 unspecified atom stereocenters. The van der Waals surface area contributed by atoms with Gasteiger partial charge in [0.2, 0.25) is 0 Å². The molecule has 1 aromatic carbocycles. The molecular formula is C13H12O2. The topological polar surface area (TPSA) is 26.3 Å². The van der Waals surface area contributed by atoms with Crippen molar-refractivity contribution in [3.8, 4) is 0 Å². The van der Waals surface area contributed by atoms with Gasteiger partial charge in [-0.3, -0.25) is 4.79 Å². The lowest BCUT2D eigenvalue weighted by Crippen LogP contribution is -2.29. The van der Waals surface area contributed by atoms with Crippen molar-refractivity contribution in [3.05, 3.63) is 41.5 Å². The number of carbonyl (C=O) groups excluding carboxylic acids is 1. The van der Waals surface area contributed by atoms with Gasteiger partial charge >= 0.3 is 5.97 Å². The summed E-state index contributed by atoms with van der Waals surface area (Å²) in [7, 11) is 0. The Hall–Kier alpha value is -1.57. The third-order valence-corrected chi connectivity index (χ3v) is 3.44. The summed E-state index contributed by atoms with van der Waals surface area (Å²) in [6, 6.07) is 10.1. The van der Waals surface area contributed by atoms with E-state index in [4.69, 9.17) is 4.74 Å². The van der Waals surface area contributed by atoms with Gasteiger partial charge in [-0.25, -0.2) is 0 Å². The molecule has 1 heterocycles. The van der Waals surface area contributed by atoms with E-state index in [0.29, 0.717) is 12.5 Å². The summed E-state index contributed by atoms with van der Waals surface area (Å²) >= 11 is 0. The fraction of sp³-hybridized carbons (Fsp3) is 0.308. The quantitative estimate of drug-likeness (QED) is 0.650. The molecule has 2 nitrogen and oxygen atoms in total. The zero-order chi connectivity index (χ0) is 10.4. The molecule has 0 amide bonds. The second kappa shape index (κ2) is 2.96. The van der Waals surface area contributed by atoms with E-state index in [1.54, 1.807) is 0 Å². The highest BCUT2D eigenvalue weighted by atomic mass is 16.5. The van der Waals surface area contributed by atoms with E-state index in [0.717, 1.165) is 5.56 Å². The minimum absolute atomic E-state index is 0.00685. The number of hydrogen-bond donors (Lipinski definition) is 0. The van der Waals surface area contributed by atoms with Crippen LogP contribution >= 0.6 is 0 Å². The standard InChI is InChI=1S/C13H12O2/c1-8-10-7-15-13(14)12(10)11(8)9-5-3-2-4-6-9/h2-6,10,12H,7H2,1H3. The SMILES string of the molecule is CC1=C(c2ccccc2)C2C(=O)OCC12. The lowest BCUT2D eigenvalue weighted by Gasteiger charge is -2.32. The monoisotopic (exact) mass is 200 g/mol. The number of esters is 1. The number of fused-ring (bicyclic) bond motifs is 1. The lowest BCUT2D eigenvalue weighted by molar-refractivity contribution is -0.139. The van der Waals surface area contributed by atoms with Gasteiger partial charge in [0.1, 0.15) is 0 Å². The number of rotatable bonds is 1. The van der Waals surface area contributed by atoms with Crippen molar-refractivity contribution in [1.82, 2.24) is 0 Å². The average Bonchev–Trinajstić information content (AvgIpc) is 2.58. The molecule has 0 radical (unpaired) electrons. The minimum Gasteiger partial charge on any atom is -0.465 e. The highest BCUT2D eigenvalue weighted by Gasteiger charge is 2.49. The Bertz CT molecular complexity index is 445. The summed E-state index contributed by atoms with van der Waals surface area (Å²) in [5.74, 6) is 0.296. The van der Waals surface area contributed by atoms with Crippen molar-refractivity contribution in [2.45, 2.75) is 6.92 Å². The molecule has 2 aliphatic rings. The molecule has 15 heavy (non-hydrogen) atoms. The van der Waals surface area contributed by atoms with Crippen LogP contribution in [0.1, 0.15) is 12.5 Å². The molecule has 2 heteroatoms. The molecule has 76 valence electrons. The summed E-state index contributed by atoms with van der Waals surface area (Å²) in [4.78, 5) is 11.5. The van der Waals surface area contributed by atoms with Gasteiger partial charge in [-0.05, 0) is 18.1 Å². The molecule has 2 atom stereocenters. The van der Waals surface area contributed by atoms with Crippen molar-refractivity contribution in [3.63, 3.8) is 0 Å². The van der Waals surface area contributed by atoms with Gasteiger partial charge in [0.15, 0.2) is 0 Å².